The average Bonchev–Trinajstić information content (AvgIpc) is 3.28. The monoisotopic (exact) mass is 417 g/mol. The molecule has 0 bridgehead atoms. The fraction of sp³-hybridized carbons (Fsp3) is 0.316. The zero-order valence-electron chi connectivity index (χ0n) is 16.5. The van der Waals surface area contributed by atoms with E-state index >= 15 is 0 Å². The normalized spacial score (nSPS) is 13.3. The number of carbonyl (C=O) groups excluding carboxylic acids is 2. The van der Waals surface area contributed by atoms with Crippen LogP contribution in [0.4, 0.5) is 14.6 Å². The lowest BCUT2D eigenvalue weighted by molar-refractivity contribution is -0.118. The van der Waals surface area contributed by atoms with E-state index in [4.69, 9.17) is 5.73 Å². The molecule has 4 rings (SSSR count). The number of primary amides is 1. The van der Waals surface area contributed by atoms with Gasteiger partial charge in [-0.15, -0.1) is 5.10 Å². The highest BCUT2D eigenvalue weighted by Crippen LogP contribution is 2.20. The molecular formula is C19H21F2N7O2. The topological polar surface area (TPSA) is 112 Å². The molecule has 3 heterocycles. The van der Waals surface area contributed by atoms with Gasteiger partial charge in [-0.2, -0.15) is 5.10 Å². The quantitative estimate of drug-likeness (QED) is 0.696. The first kappa shape index (κ1) is 21.1. The summed E-state index contributed by atoms with van der Waals surface area (Å²) in [6.45, 7) is 2.97. The molecule has 2 N–H and O–H groups in total. The molecular weight excluding hydrogens is 396 g/mol. The number of aromatic nitrogens is 5. The van der Waals surface area contributed by atoms with Crippen molar-refractivity contribution in [2.45, 2.75) is 32.9 Å². The van der Waals surface area contributed by atoms with E-state index in [0.29, 0.717) is 12.0 Å². The number of fused-ring (bicyclic) bond motifs is 1. The minimum Gasteiger partial charge on any atom is -0.363 e. The average molecular weight is 417 g/mol. The van der Waals surface area contributed by atoms with Crippen LogP contribution in [0.15, 0.2) is 30.6 Å². The van der Waals surface area contributed by atoms with Gasteiger partial charge in [-0.3, -0.25) is 9.59 Å². The largest absolute Gasteiger partial charge is 0.363 e. The van der Waals surface area contributed by atoms with E-state index in [9.17, 15) is 18.4 Å². The van der Waals surface area contributed by atoms with Crippen LogP contribution in [-0.2, 0) is 17.9 Å². The third kappa shape index (κ3) is 4.85. The number of benzene rings is 1. The smallest absolute Gasteiger partial charge is 0.288 e. The Balaban J connectivity index is 0.000000177. The second kappa shape index (κ2) is 8.80. The van der Waals surface area contributed by atoms with Crippen LogP contribution in [0.1, 0.15) is 34.7 Å². The van der Waals surface area contributed by atoms with Crippen LogP contribution in [0, 0.1) is 18.6 Å². The summed E-state index contributed by atoms with van der Waals surface area (Å²) >= 11 is 0. The summed E-state index contributed by atoms with van der Waals surface area (Å²) in [6, 6.07) is 5.45. The van der Waals surface area contributed by atoms with Gasteiger partial charge in [0.25, 0.3) is 5.91 Å². The van der Waals surface area contributed by atoms with Crippen molar-refractivity contribution in [2.24, 2.45) is 5.73 Å². The predicted octanol–water partition coefficient (Wildman–Crippen LogP) is 1.65. The van der Waals surface area contributed by atoms with Crippen molar-refractivity contribution >= 4 is 17.6 Å². The Morgan fingerprint density at radius 1 is 1.20 bits per heavy atom. The van der Waals surface area contributed by atoms with Crippen LogP contribution in [0.5, 0.6) is 0 Å². The number of halogens is 2. The number of nitrogens with two attached hydrogens (primary N) is 1. The van der Waals surface area contributed by atoms with E-state index in [1.54, 1.807) is 11.9 Å². The van der Waals surface area contributed by atoms with E-state index < -0.39 is 17.5 Å². The van der Waals surface area contributed by atoms with Gasteiger partial charge < -0.3 is 10.6 Å². The van der Waals surface area contributed by atoms with Crippen molar-refractivity contribution in [2.75, 3.05) is 11.9 Å². The number of rotatable bonds is 3. The van der Waals surface area contributed by atoms with Crippen LogP contribution in [0.2, 0.25) is 0 Å². The first-order valence-corrected chi connectivity index (χ1v) is 9.19. The summed E-state index contributed by atoms with van der Waals surface area (Å²) in [5.41, 5.74) is 6.45. The molecule has 2 amide bonds. The Morgan fingerprint density at radius 3 is 2.63 bits per heavy atom. The van der Waals surface area contributed by atoms with Gasteiger partial charge in [-0.1, -0.05) is 6.07 Å². The maximum atomic E-state index is 12.9. The molecule has 0 saturated heterocycles. The van der Waals surface area contributed by atoms with Gasteiger partial charge in [-0.05, 0) is 31.0 Å². The predicted molar refractivity (Wildman–Crippen MR) is 104 cm³/mol. The maximum Gasteiger partial charge on any atom is 0.288 e. The molecule has 0 saturated carbocycles. The number of anilines is 1. The standard InChI is InChI=1S/C10H8F2N4O.C9H13N3O/c11-7-2-1-6(3-8(7)12)4-16-5-14-10(15-16)9(13)17;1-7-6-8-11(2)9(13)4-3-5-12(8)10-7/h1-3,5H,4H2,(H2,13,17);6H,3-5H2,1-2H3. The van der Waals surface area contributed by atoms with Crippen molar-refractivity contribution in [1.82, 2.24) is 24.5 Å². The lowest BCUT2D eigenvalue weighted by Crippen LogP contribution is -2.25. The van der Waals surface area contributed by atoms with Gasteiger partial charge in [0.2, 0.25) is 11.7 Å². The highest BCUT2D eigenvalue weighted by atomic mass is 19.2. The molecule has 1 aromatic carbocycles. The summed E-state index contributed by atoms with van der Waals surface area (Å²) in [5.74, 6) is -1.61. The van der Waals surface area contributed by atoms with Gasteiger partial charge >= 0.3 is 0 Å². The molecule has 158 valence electrons. The van der Waals surface area contributed by atoms with Crippen LogP contribution >= 0.6 is 0 Å². The van der Waals surface area contributed by atoms with Crippen LogP contribution in [0.25, 0.3) is 0 Å². The summed E-state index contributed by atoms with van der Waals surface area (Å²) in [5, 5.41) is 8.09. The molecule has 11 heteroatoms. The van der Waals surface area contributed by atoms with Crippen molar-refractivity contribution in [1.29, 1.82) is 0 Å². The fourth-order valence-electron chi connectivity index (χ4n) is 2.95. The van der Waals surface area contributed by atoms with Gasteiger partial charge in [0, 0.05) is 26.1 Å². The Labute approximate surface area is 171 Å². The van der Waals surface area contributed by atoms with E-state index in [1.165, 1.54) is 17.1 Å². The van der Waals surface area contributed by atoms with Gasteiger partial charge in [0.1, 0.15) is 12.1 Å². The molecule has 0 aliphatic carbocycles. The van der Waals surface area contributed by atoms with E-state index in [-0.39, 0.29) is 18.3 Å². The Hall–Kier alpha value is -3.63. The van der Waals surface area contributed by atoms with Crippen LogP contribution < -0.4 is 10.6 Å². The highest BCUT2D eigenvalue weighted by molar-refractivity contribution is 5.92. The molecule has 0 radical (unpaired) electrons. The minimum atomic E-state index is -0.933. The number of aryl methyl sites for hydroxylation is 2. The van der Waals surface area contributed by atoms with E-state index in [1.807, 2.05) is 17.7 Å². The second-order valence-electron chi connectivity index (χ2n) is 6.80. The molecule has 2 aromatic heterocycles. The molecule has 0 spiro atoms. The Bertz CT molecular complexity index is 1080. The highest BCUT2D eigenvalue weighted by Gasteiger charge is 2.19. The maximum absolute atomic E-state index is 12.9. The SMILES string of the molecule is Cc1cc2n(n1)CCCC(=O)N2C.NC(=O)c1ncn(Cc2ccc(F)c(F)c2)n1. The van der Waals surface area contributed by atoms with Crippen molar-refractivity contribution in [3.8, 4) is 0 Å². The third-order valence-electron chi connectivity index (χ3n) is 4.44. The van der Waals surface area contributed by atoms with Gasteiger partial charge in [0.15, 0.2) is 11.6 Å². The summed E-state index contributed by atoms with van der Waals surface area (Å²) in [4.78, 5) is 27.6. The van der Waals surface area contributed by atoms with Crippen molar-refractivity contribution in [3.05, 3.63) is 59.3 Å². The minimum absolute atomic E-state index is 0.118. The molecule has 1 aliphatic heterocycles. The zero-order chi connectivity index (χ0) is 21.8. The second-order valence-corrected chi connectivity index (χ2v) is 6.80. The van der Waals surface area contributed by atoms with Crippen molar-refractivity contribution in [3.63, 3.8) is 0 Å². The lowest BCUT2D eigenvalue weighted by atomic mass is 10.2. The molecule has 1 aliphatic rings. The summed E-state index contributed by atoms with van der Waals surface area (Å²) in [7, 11) is 1.81. The Kier molecular flexibility index (Phi) is 6.19. The molecule has 0 unspecified atom stereocenters. The number of carbonyl (C=O) groups is 2. The van der Waals surface area contributed by atoms with E-state index in [0.717, 1.165) is 36.6 Å². The van der Waals surface area contributed by atoms with E-state index in [2.05, 4.69) is 15.2 Å². The number of nitrogens with zero attached hydrogens (tertiary/aromatic N) is 6. The molecule has 30 heavy (non-hydrogen) atoms. The summed E-state index contributed by atoms with van der Waals surface area (Å²) in [6.07, 6.45) is 2.80. The molecule has 9 nitrogen and oxygen atoms in total. The molecule has 3 aromatic rings. The number of amides is 2. The zero-order valence-corrected chi connectivity index (χ0v) is 16.5. The van der Waals surface area contributed by atoms with Gasteiger partial charge in [0.05, 0.1) is 12.2 Å². The van der Waals surface area contributed by atoms with Crippen LogP contribution in [-0.4, -0.2) is 43.4 Å². The number of hydrogen-bond donors (Lipinski definition) is 1. The fourth-order valence-corrected chi connectivity index (χ4v) is 2.95. The van der Waals surface area contributed by atoms with Gasteiger partial charge in [-0.25, -0.2) is 23.1 Å². The third-order valence-corrected chi connectivity index (χ3v) is 4.44. The van der Waals surface area contributed by atoms with Crippen LogP contribution in [0.3, 0.4) is 0 Å². The lowest BCUT2D eigenvalue weighted by Gasteiger charge is -2.13. The Morgan fingerprint density at radius 2 is 1.97 bits per heavy atom. The van der Waals surface area contributed by atoms with Crippen molar-refractivity contribution < 1.29 is 18.4 Å². The first-order valence-electron chi connectivity index (χ1n) is 9.19. The first-order chi connectivity index (χ1) is 14.2. The number of hydrogen-bond acceptors (Lipinski definition) is 5. The molecule has 0 fully saturated rings. The summed E-state index contributed by atoms with van der Waals surface area (Å²) < 4.78 is 28.8. The molecule has 0 atom stereocenters.